The van der Waals surface area contributed by atoms with Gasteiger partial charge in [0.1, 0.15) is 5.56 Å². The van der Waals surface area contributed by atoms with E-state index in [2.05, 4.69) is 9.97 Å². The van der Waals surface area contributed by atoms with Crippen LogP contribution in [0.5, 0.6) is 11.5 Å². The van der Waals surface area contributed by atoms with Crippen molar-refractivity contribution >= 4 is 5.97 Å². The molecule has 0 spiro atoms. The van der Waals surface area contributed by atoms with Crippen molar-refractivity contribution in [1.29, 1.82) is 0 Å². The molecular weight excluding hydrogens is 300 g/mol. The van der Waals surface area contributed by atoms with Gasteiger partial charge in [0.05, 0.1) is 11.8 Å². The standard InChI is InChI=1S/C16H16N2O5/c1-8(2)23-15(19)13-9(3)17-16(20)18-14(13)10-4-5-11-12(6-10)22-7-21-11/h4-6,8H,7H2,1-3H3,(H,17,18,20). The third kappa shape index (κ3) is 2.90. The summed E-state index contributed by atoms with van der Waals surface area (Å²) in [6.07, 6.45) is -0.279. The number of carbonyl (C=O) groups excluding carboxylic acids is 1. The highest BCUT2D eigenvalue weighted by Crippen LogP contribution is 2.36. The van der Waals surface area contributed by atoms with Crippen molar-refractivity contribution < 1.29 is 19.0 Å². The Kier molecular flexibility index (Phi) is 3.77. The summed E-state index contributed by atoms with van der Waals surface area (Å²) in [6.45, 7) is 5.29. The van der Waals surface area contributed by atoms with Crippen molar-refractivity contribution in [3.63, 3.8) is 0 Å². The zero-order valence-electron chi connectivity index (χ0n) is 13.0. The van der Waals surface area contributed by atoms with Crippen LogP contribution < -0.4 is 15.2 Å². The van der Waals surface area contributed by atoms with Gasteiger partial charge in [0.25, 0.3) is 0 Å². The number of fused-ring (bicyclic) bond motifs is 1. The lowest BCUT2D eigenvalue weighted by Crippen LogP contribution is -2.21. The number of hydrogen-bond acceptors (Lipinski definition) is 6. The Bertz CT molecular complexity index is 826. The molecule has 2 aromatic rings. The number of benzene rings is 1. The Morgan fingerprint density at radius 1 is 1.30 bits per heavy atom. The minimum Gasteiger partial charge on any atom is -0.459 e. The molecule has 3 rings (SSSR count). The second kappa shape index (κ2) is 5.75. The van der Waals surface area contributed by atoms with Gasteiger partial charge in [0, 0.05) is 11.3 Å². The summed E-state index contributed by atoms with van der Waals surface area (Å²) in [5.41, 5.74) is 0.950. The molecule has 0 saturated carbocycles. The highest BCUT2D eigenvalue weighted by molar-refractivity contribution is 5.97. The van der Waals surface area contributed by atoms with E-state index in [4.69, 9.17) is 14.2 Å². The molecule has 0 atom stereocenters. The molecule has 1 aromatic heterocycles. The normalized spacial score (nSPS) is 12.5. The number of esters is 1. The lowest BCUT2D eigenvalue weighted by atomic mass is 10.0. The van der Waals surface area contributed by atoms with Gasteiger partial charge in [-0.05, 0) is 39.0 Å². The summed E-state index contributed by atoms with van der Waals surface area (Å²) >= 11 is 0. The lowest BCUT2D eigenvalue weighted by Gasteiger charge is -2.13. The molecule has 1 aliphatic heterocycles. The summed E-state index contributed by atoms with van der Waals surface area (Å²) < 4.78 is 15.9. The number of nitrogens with zero attached hydrogens (tertiary/aromatic N) is 1. The fraction of sp³-hybridized carbons (Fsp3) is 0.312. The number of ether oxygens (including phenoxy) is 3. The summed E-state index contributed by atoms with van der Waals surface area (Å²) in [7, 11) is 0. The number of carbonyl (C=O) groups is 1. The second-order valence-corrected chi connectivity index (χ2v) is 5.41. The monoisotopic (exact) mass is 316 g/mol. The number of aryl methyl sites for hydroxylation is 1. The average Bonchev–Trinajstić information content (AvgIpc) is 2.92. The van der Waals surface area contributed by atoms with E-state index in [0.29, 0.717) is 22.8 Å². The van der Waals surface area contributed by atoms with Gasteiger partial charge in [-0.1, -0.05) is 0 Å². The third-order valence-corrected chi connectivity index (χ3v) is 3.31. The van der Waals surface area contributed by atoms with E-state index in [1.165, 1.54) is 0 Å². The maximum Gasteiger partial charge on any atom is 0.345 e. The number of aromatic amines is 1. The number of aromatic nitrogens is 2. The first-order valence-electron chi connectivity index (χ1n) is 7.17. The van der Waals surface area contributed by atoms with Crippen molar-refractivity contribution in [1.82, 2.24) is 9.97 Å². The summed E-state index contributed by atoms with van der Waals surface area (Å²) in [5.74, 6) is 0.626. The molecule has 120 valence electrons. The van der Waals surface area contributed by atoms with Gasteiger partial charge in [0.2, 0.25) is 6.79 Å². The molecule has 1 aliphatic rings. The van der Waals surface area contributed by atoms with E-state index in [9.17, 15) is 9.59 Å². The van der Waals surface area contributed by atoms with Gasteiger partial charge < -0.3 is 19.2 Å². The Morgan fingerprint density at radius 2 is 2.04 bits per heavy atom. The maximum absolute atomic E-state index is 12.4. The van der Waals surface area contributed by atoms with Gasteiger partial charge in [-0.2, -0.15) is 4.98 Å². The van der Waals surface area contributed by atoms with Gasteiger partial charge in [-0.15, -0.1) is 0 Å². The molecule has 0 fully saturated rings. The molecule has 7 heteroatoms. The van der Waals surface area contributed by atoms with Crippen LogP contribution in [0.1, 0.15) is 29.9 Å². The van der Waals surface area contributed by atoms with Crippen molar-refractivity contribution in [3.05, 3.63) is 39.9 Å². The second-order valence-electron chi connectivity index (χ2n) is 5.41. The molecule has 23 heavy (non-hydrogen) atoms. The van der Waals surface area contributed by atoms with Crippen LogP contribution in [0.4, 0.5) is 0 Å². The zero-order chi connectivity index (χ0) is 16.6. The molecule has 0 bridgehead atoms. The van der Waals surface area contributed by atoms with E-state index >= 15 is 0 Å². The number of H-pyrrole nitrogens is 1. The van der Waals surface area contributed by atoms with E-state index < -0.39 is 11.7 Å². The van der Waals surface area contributed by atoms with Crippen LogP contribution >= 0.6 is 0 Å². The number of nitrogens with one attached hydrogen (secondary N) is 1. The van der Waals surface area contributed by atoms with Crippen LogP contribution in [0.3, 0.4) is 0 Å². The smallest absolute Gasteiger partial charge is 0.345 e. The van der Waals surface area contributed by atoms with Crippen LogP contribution in [0.25, 0.3) is 11.3 Å². The predicted octanol–water partition coefficient (Wildman–Crippen LogP) is 2.04. The Morgan fingerprint density at radius 3 is 2.78 bits per heavy atom. The molecule has 0 aliphatic carbocycles. The van der Waals surface area contributed by atoms with E-state index in [0.717, 1.165) is 0 Å². The maximum atomic E-state index is 12.4. The van der Waals surface area contributed by atoms with Crippen LogP contribution in [0.15, 0.2) is 23.0 Å². The molecule has 0 amide bonds. The molecule has 1 N–H and O–H groups in total. The zero-order valence-corrected chi connectivity index (χ0v) is 13.0. The predicted molar refractivity (Wildman–Crippen MR) is 81.7 cm³/mol. The highest BCUT2D eigenvalue weighted by atomic mass is 16.7. The molecule has 2 heterocycles. The Labute approximate surface area is 132 Å². The number of rotatable bonds is 3. The van der Waals surface area contributed by atoms with Crippen LogP contribution in [-0.4, -0.2) is 28.8 Å². The molecule has 0 saturated heterocycles. The molecular formula is C16H16N2O5. The first kappa shape index (κ1) is 15.1. The third-order valence-electron chi connectivity index (χ3n) is 3.31. The lowest BCUT2D eigenvalue weighted by molar-refractivity contribution is 0.0377. The fourth-order valence-electron chi connectivity index (χ4n) is 2.36. The van der Waals surface area contributed by atoms with Gasteiger partial charge in [-0.25, -0.2) is 9.59 Å². The van der Waals surface area contributed by atoms with Crippen LogP contribution in [0.2, 0.25) is 0 Å². The largest absolute Gasteiger partial charge is 0.459 e. The van der Waals surface area contributed by atoms with E-state index in [1.807, 2.05) is 0 Å². The number of hydrogen-bond donors (Lipinski definition) is 1. The minimum absolute atomic E-state index is 0.142. The quantitative estimate of drug-likeness (QED) is 0.871. The van der Waals surface area contributed by atoms with Crippen molar-refractivity contribution in [2.24, 2.45) is 0 Å². The topological polar surface area (TPSA) is 90.5 Å². The van der Waals surface area contributed by atoms with Gasteiger partial charge in [-0.3, -0.25) is 0 Å². The minimum atomic E-state index is -0.533. The van der Waals surface area contributed by atoms with Crippen molar-refractivity contribution in [2.75, 3.05) is 6.79 Å². The van der Waals surface area contributed by atoms with Crippen molar-refractivity contribution in [2.45, 2.75) is 26.9 Å². The first-order chi connectivity index (χ1) is 11.0. The highest BCUT2D eigenvalue weighted by Gasteiger charge is 2.23. The molecule has 1 aromatic carbocycles. The van der Waals surface area contributed by atoms with E-state index in [1.54, 1.807) is 39.0 Å². The average molecular weight is 316 g/mol. The van der Waals surface area contributed by atoms with Crippen molar-refractivity contribution in [3.8, 4) is 22.8 Å². The van der Waals surface area contributed by atoms with Gasteiger partial charge >= 0.3 is 11.7 Å². The Hall–Kier alpha value is -2.83. The molecule has 0 radical (unpaired) electrons. The van der Waals surface area contributed by atoms with Crippen LogP contribution in [0, 0.1) is 6.92 Å². The SMILES string of the molecule is Cc1[nH]c(=O)nc(-c2ccc3c(c2)OCO3)c1C(=O)OC(C)C. The van der Waals surface area contributed by atoms with Gasteiger partial charge in [0.15, 0.2) is 11.5 Å². The van der Waals surface area contributed by atoms with Crippen LogP contribution in [-0.2, 0) is 4.74 Å². The summed E-state index contributed by atoms with van der Waals surface area (Å²) in [4.78, 5) is 30.6. The molecule has 7 nitrogen and oxygen atoms in total. The fourth-order valence-corrected chi connectivity index (χ4v) is 2.36. The Balaban J connectivity index is 2.14. The molecule has 0 unspecified atom stereocenters. The van der Waals surface area contributed by atoms with E-state index in [-0.39, 0.29) is 24.2 Å². The summed E-state index contributed by atoms with van der Waals surface area (Å²) in [6, 6.07) is 5.13. The summed E-state index contributed by atoms with van der Waals surface area (Å²) in [5, 5.41) is 0. The first-order valence-corrected chi connectivity index (χ1v) is 7.17.